The monoisotopic (exact) mass is 471 g/mol. The Morgan fingerprint density at radius 2 is 1.88 bits per heavy atom. The summed E-state index contributed by atoms with van der Waals surface area (Å²) in [5.74, 6) is 2.22. The molecule has 0 bridgehead atoms. The number of nitrogens with zero attached hydrogens (tertiary/aromatic N) is 3. The van der Waals surface area contributed by atoms with Crippen LogP contribution in [0.1, 0.15) is 30.9 Å². The van der Waals surface area contributed by atoms with Crippen LogP contribution in [0.25, 0.3) is 11.5 Å². The fourth-order valence-corrected chi connectivity index (χ4v) is 4.76. The molecular formula is C23H22ClN3O4S. The molecule has 3 aromatic rings. The topological polar surface area (TPSA) is 77.7 Å². The van der Waals surface area contributed by atoms with Gasteiger partial charge in [-0.2, -0.15) is 0 Å². The Labute approximate surface area is 195 Å². The normalized spacial score (nSPS) is 17.9. The number of hydrogen-bond donors (Lipinski definition) is 0. The molecule has 1 saturated heterocycles. The summed E-state index contributed by atoms with van der Waals surface area (Å²) in [7, 11) is 0. The quantitative estimate of drug-likeness (QED) is 0.484. The summed E-state index contributed by atoms with van der Waals surface area (Å²) in [4.78, 5) is 14.9. The van der Waals surface area contributed by atoms with E-state index in [4.69, 9.17) is 25.5 Å². The van der Waals surface area contributed by atoms with Crippen molar-refractivity contribution in [3.05, 3.63) is 53.1 Å². The van der Waals surface area contributed by atoms with Gasteiger partial charge in [-0.3, -0.25) is 4.79 Å². The first-order valence-corrected chi connectivity index (χ1v) is 11.9. The lowest BCUT2D eigenvalue weighted by Crippen LogP contribution is -2.32. The largest absolute Gasteiger partial charge is 0.490 e. The molecule has 0 N–H and O–H groups in total. The van der Waals surface area contributed by atoms with Crippen molar-refractivity contribution >= 4 is 29.3 Å². The van der Waals surface area contributed by atoms with Crippen molar-refractivity contribution in [2.75, 3.05) is 25.5 Å². The molecule has 2 aliphatic rings. The summed E-state index contributed by atoms with van der Waals surface area (Å²) in [5, 5.41) is 9.14. The van der Waals surface area contributed by atoms with E-state index >= 15 is 0 Å². The Morgan fingerprint density at radius 3 is 2.72 bits per heavy atom. The number of aromatic nitrogens is 2. The first-order valence-electron chi connectivity index (χ1n) is 10.6. The second kappa shape index (κ2) is 9.42. The van der Waals surface area contributed by atoms with Crippen molar-refractivity contribution in [3.8, 4) is 23.0 Å². The van der Waals surface area contributed by atoms with Crippen molar-refractivity contribution in [3.63, 3.8) is 0 Å². The number of halogens is 1. The minimum Gasteiger partial charge on any atom is -0.490 e. The molecular weight excluding hydrogens is 450 g/mol. The van der Waals surface area contributed by atoms with Crippen LogP contribution >= 0.6 is 23.4 Å². The summed E-state index contributed by atoms with van der Waals surface area (Å²) in [6.45, 7) is 2.04. The molecule has 32 heavy (non-hydrogen) atoms. The van der Waals surface area contributed by atoms with Gasteiger partial charge in [0.15, 0.2) is 11.5 Å². The average molecular weight is 472 g/mol. The molecule has 1 amide bonds. The zero-order valence-corrected chi connectivity index (χ0v) is 18.9. The standard InChI is InChI=1S/C23H22ClN3O4S/c24-17-7-4-15(5-8-17)22-25-26-23(31-22)32-14-21(28)27-10-1-3-18(27)16-6-9-19-20(13-16)30-12-2-11-29-19/h4-9,13,18H,1-3,10-12,14H2/t18-/m0/s1. The number of benzene rings is 2. The molecule has 2 aromatic carbocycles. The van der Waals surface area contributed by atoms with E-state index in [1.54, 1.807) is 12.1 Å². The van der Waals surface area contributed by atoms with Crippen LogP contribution in [-0.4, -0.2) is 46.5 Å². The Kier molecular flexibility index (Phi) is 6.23. The van der Waals surface area contributed by atoms with Crippen LogP contribution in [-0.2, 0) is 4.79 Å². The molecule has 9 heteroatoms. The van der Waals surface area contributed by atoms with Crippen LogP contribution in [0.5, 0.6) is 11.5 Å². The van der Waals surface area contributed by atoms with Crippen LogP contribution in [0.4, 0.5) is 0 Å². The van der Waals surface area contributed by atoms with Gasteiger partial charge in [-0.15, -0.1) is 10.2 Å². The first kappa shape index (κ1) is 21.2. The number of amides is 1. The fourth-order valence-electron chi connectivity index (χ4n) is 3.98. The Morgan fingerprint density at radius 1 is 1.06 bits per heavy atom. The summed E-state index contributed by atoms with van der Waals surface area (Å²) < 4.78 is 17.3. The molecule has 1 fully saturated rings. The molecule has 166 valence electrons. The third-order valence-electron chi connectivity index (χ3n) is 5.55. The lowest BCUT2D eigenvalue weighted by Gasteiger charge is -2.25. The summed E-state index contributed by atoms with van der Waals surface area (Å²) in [6, 6.07) is 13.2. The molecule has 5 rings (SSSR count). The second-order valence-electron chi connectivity index (χ2n) is 7.67. The number of carbonyl (C=O) groups is 1. The SMILES string of the molecule is O=C(CSc1nnc(-c2ccc(Cl)cc2)o1)N1CCC[C@H]1c1ccc2c(c1)OCCCO2. The highest BCUT2D eigenvalue weighted by molar-refractivity contribution is 7.99. The predicted molar refractivity (Wildman–Crippen MR) is 121 cm³/mol. The van der Waals surface area contributed by atoms with Gasteiger partial charge in [-0.25, -0.2) is 0 Å². The van der Waals surface area contributed by atoms with Gasteiger partial charge in [0.2, 0.25) is 11.8 Å². The minimum absolute atomic E-state index is 0.0348. The third kappa shape index (κ3) is 4.56. The lowest BCUT2D eigenvalue weighted by molar-refractivity contribution is -0.129. The van der Waals surface area contributed by atoms with Gasteiger partial charge in [-0.1, -0.05) is 29.4 Å². The number of likely N-dealkylation sites (tertiary alicyclic amines) is 1. The molecule has 2 aliphatic heterocycles. The molecule has 1 atom stereocenters. The van der Waals surface area contributed by atoms with E-state index < -0.39 is 0 Å². The van der Waals surface area contributed by atoms with Crippen LogP contribution in [0.15, 0.2) is 52.1 Å². The maximum absolute atomic E-state index is 13.0. The highest BCUT2D eigenvalue weighted by atomic mass is 35.5. The van der Waals surface area contributed by atoms with E-state index in [0.29, 0.717) is 29.3 Å². The second-order valence-corrected chi connectivity index (χ2v) is 9.03. The van der Waals surface area contributed by atoms with E-state index in [0.717, 1.165) is 48.4 Å². The molecule has 0 radical (unpaired) electrons. The third-order valence-corrected chi connectivity index (χ3v) is 6.60. The van der Waals surface area contributed by atoms with E-state index in [-0.39, 0.29) is 17.7 Å². The van der Waals surface area contributed by atoms with E-state index in [2.05, 4.69) is 10.2 Å². The van der Waals surface area contributed by atoms with Crippen molar-refractivity contribution in [1.29, 1.82) is 0 Å². The van der Waals surface area contributed by atoms with Crippen molar-refractivity contribution in [2.45, 2.75) is 30.5 Å². The Balaban J connectivity index is 1.24. The average Bonchev–Trinajstić information content (AvgIpc) is 3.43. The van der Waals surface area contributed by atoms with Gasteiger partial charge >= 0.3 is 0 Å². The minimum atomic E-state index is 0.0348. The molecule has 1 aromatic heterocycles. The molecule has 7 nitrogen and oxygen atoms in total. The number of thioether (sulfide) groups is 1. The van der Waals surface area contributed by atoms with E-state index in [1.165, 1.54) is 11.8 Å². The van der Waals surface area contributed by atoms with Crippen molar-refractivity contribution in [1.82, 2.24) is 15.1 Å². The van der Waals surface area contributed by atoms with Crippen LogP contribution in [0.3, 0.4) is 0 Å². The van der Waals surface area contributed by atoms with Gasteiger partial charge in [-0.05, 0) is 54.8 Å². The van der Waals surface area contributed by atoms with Gasteiger partial charge in [0.25, 0.3) is 5.22 Å². The van der Waals surface area contributed by atoms with Gasteiger partial charge in [0.05, 0.1) is 25.0 Å². The Hall–Kier alpha value is -2.71. The van der Waals surface area contributed by atoms with Crippen LogP contribution in [0.2, 0.25) is 5.02 Å². The van der Waals surface area contributed by atoms with Gasteiger partial charge in [0, 0.05) is 23.6 Å². The number of fused-ring (bicyclic) bond motifs is 1. The first-order chi connectivity index (χ1) is 15.7. The highest BCUT2D eigenvalue weighted by Crippen LogP contribution is 2.38. The molecule has 0 aliphatic carbocycles. The summed E-state index contributed by atoms with van der Waals surface area (Å²) in [6.07, 6.45) is 2.76. The maximum Gasteiger partial charge on any atom is 0.277 e. The zero-order valence-electron chi connectivity index (χ0n) is 17.3. The maximum atomic E-state index is 13.0. The highest BCUT2D eigenvalue weighted by Gasteiger charge is 2.31. The molecule has 0 saturated carbocycles. The Bertz CT molecular complexity index is 1100. The van der Waals surface area contributed by atoms with Gasteiger partial charge in [0.1, 0.15) is 0 Å². The van der Waals surface area contributed by atoms with E-state index in [1.807, 2.05) is 35.2 Å². The number of hydrogen-bond acceptors (Lipinski definition) is 7. The van der Waals surface area contributed by atoms with Crippen molar-refractivity contribution in [2.24, 2.45) is 0 Å². The number of carbonyl (C=O) groups excluding carboxylic acids is 1. The number of ether oxygens (including phenoxy) is 2. The van der Waals surface area contributed by atoms with E-state index in [9.17, 15) is 4.79 Å². The van der Waals surface area contributed by atoms with Gasteiger partial charge < -0.3 is 18.8 Å². The van der Waals surface area contributed by atoms with Crippen molar-refractivity contribution < 1.29 is 18.7 Å². The number of rotatable bonds is 5. The predicted octanol–water partition coefficient (Wildman–Crippen LogP) is 5.01. The van der Waals surface area contributed by atoms with Crippen LogP contribution < -0.4 is 9.47 Å². The van der Waals surface area contributed by atoms with Crippen LogP contribution in [0, 0.1) is 0 Å². The summed E-state index contributed by atoms with van der Waals surface area (Å²) in [5.41, 5.74) is 1.86. The molecule has 0 spiro atoms. The lowest BCUT2D eigenvalue weighted by atomic mass is 10.0. The fraction of sp³-hybridized carbons (Fsp3) is 0.348. The molecule has 0 unspecified atom stereocenters. The zero-order chi connectivity index (χ0) is 21.9. The smallest absolute Gasteiger partial charge is 0.277 e. The summed E-state index contributed by atoms with van der Waals surface area (Å²) >= 11 is 7.18. The molecule has 3 heterocycles.